The average Bonchev–Trinajstić information content (AvgIpc) is 2.96. The second-order valence-corrected chi connectivity index (χ2v) is 8.37. The lowest BCUT2D eigenvalue weighted by Gasteiger charge is -2.23. The Labute approximate surface area is 146 Å². The van der Waals surface area contributed by atoms with Crippen LogP contribution in [0.3, 0.4) is 0 Å². The van der Waals surface area contributed by atoms with Crippen molar-refractivity contribution in [2.24, 2.45) is 5.41 Å². The van der Waals surface area contributed by atoms with Crippen molar-refractivity contribution in [1.82, 2.24) is 9.62 Å². The lowest BCUT2D eigenvalue weighted by atomic mass is 9.91. The first-order valence-electron chi connectivity index (χ1n) is 7.77. The van der Waals surface area contributed by atoms with Gasteiger partial charge in [-0.3, -0.25) is 9.59 Å². The van der Waals surface area contributed by atoms with E-state index in [0.717, 1.165) is 6.42 Å². The van der Waals surface area contributed by atoms with Crippen LogP contribution in [0.15, 0.2) is 29.2 Å². The summed E-state index contributed by atoms with van der Waals surface area (Å²) in [4.78, 5) is 22.3. The van der Waals surface area contributed by atoms with Crippen LogP contribution in [-0.2, 0) is 19.6 Å². The predicted molar refractivity (Wildman–Crippen MR) is 89.8 cm³/mol. The number of amides is 1. The fraction of sp³-hybridized carbons (Fsp3) is 0.500. The number of sulfonamides is 1. The molecule has 0 bridgehead atoms. The minimum absolute atomic E-state index is 0.101. The second-order valence-electron chi connectivity index (χ2n) is 6.43. The summed E-state index contributed by atoms with van der Waals surface area (Å²) in [6.07, 6.45) is 0.718. The number of hydrogen-bond acceptors (Lipinski definition) is 5. The first kappa shape index (κ1) is 19.4. The van der Waals surface area contributed by atoms with Crippen molar-refractivity contribution in [3.63, 3.8) is 0 Å². The largest absolute Gasteiger partial charge is 0.480 e. The van der Waals surface area contributed by atoms with Gasteiger partial charge in [0.05, 0.1) is 11.5 Å². The van der Waals surface area contributed by atoms with E-state index in [-0.39, 0.29) is 15.9 Å². The minimum Gasteiger partial charge on any atom is -0.480 e. The number of ether oxygens (including phenoxy) is 1. The molecule has 2 N–H and O–H groups in total. The number of carboxylic acids is 1. The molecule has 1 aromatic carbocycles. The smallest absolute Gasteiger partial charge is 0.322 e. The highest BCUT2D eigenvalue weighted by Gasteiger charge is 2.39. The van der Waals surface area contributed by atoms with Crippen molar-refractivity contribution >= 4 is 21.9 Å². The van der Waals surface area contributed by atoms with Crippen LogP contribution >= 0.6 is 0 Å². The molecule has 138 valence electrons. The molecular weight excluding hydrogens is 348 g/mol. The number of aliphatic carboxylic acids is 1. The van der Waals surface area contributed by atoms with Gasteiger partial charge in [-0.15, -0.1) is 0 Å². The molecule has 0 aliphatic carbocycles. The first-order valence-corrected chi connectivity index (χ1v) is 9.21. The first-order chi connectivity index (χ1) is 11.7. The molecule has 2 rings (SSSR count). The van der Waals surface area contributed by atoms with E-state index in [0.29, 0.717) is 19.7 Å². The molecule has 0 aromatic heterocycles. The van der Waals surface area contributed by atoms with E-state index < -0.39 is 28.4 Å². The fourth-order valence-corrected chi connectivity index (χ4v) is 4.43. The molecule has 1 aliphatic rings. The highest BCUT2D eigenvalue weighted by atomic mass is 32.2. The van der Waals surface area contributed by atoms with Gasteiger partial charge in [0.1, 0.15) is 6.54 Å². The Kier molecular flexibility index (Phi) is 5.81. The van der Waals surface area contributed by atoms with E-state index in [9.17, 15) is 18.0 Å². The van der Waals surface area contributed by atoms with Crippen molar-refractivity contribution < 1.29 is 27.9 Å². The fourth-order valence-electron chi connectivity index (χ4n) is 2.84. The number of nitrogens with zero attached hydrogens (tertiary/aromatic N) is 1. The van der Waals surface area contributed by atoms with E-state index >= 15 is 0 Å². The molecule has 1 aromatic rings. The Morgan fingerprint density at radius 2 is 1.96 bits per heavy atom. The zero-order valence-corrected chi connectivity index (χ0v) is 15.0. The molecule has 1 atom stereocenters. The van der Waals surface area contributed by atoms with Crippen LogP contribution < -0.4 is 5.32 Å². The quantitative estimate of drug-likeness (QED) is 0.725. The summed E-state index contributed by atoms with van der Waals surface area (Å²) in [5.74, 6) is -1.72. The monoisotopic (exact) mass is 370 g/mol. The molecule has 1 saturated heterocycles. The molecule has 0 saturated carbocycles. The van der Waals surface area contributed by atoms with Crippen LogP contribution in [0.1, 0.15) is 23.7 Å². The van der Waals surface area contributed by atoms with Gasteiger partial charge in [0.25, 0.3) is 5.91 Å². The Hall–Kier alpha value is -1.97. The van der Waals surface area contributed by atoms with Crippen LogP contribution in [-0.4, -0.2) is 63.1 Å². The molecule has 1 unspecified atom stereocenters. The van der Waals surface area contributed by atoms with Gasteiger partial charge in [-0.1, -0.05) is 6.92 Å². The van der Waals surface area contributed by atoms with Gasteiger partial charge in [0.2, 0.25) is 10.0 Å². The predicted octanol–water partition coefficient (Wildman–Crippen LogP) is 0.548. The number of nitrogens with one attached hydrogen (secondary N) is 1. The van der Waals surface area contributed by atoms with E-state index in [1.54, 1.807) is 7.11 Å². The van der Waals surface area contributed by atoms with Crippen LogP contribution in [0.2, 0.25) is 0 Å². The maximum absolute atomic E-state index is 12.7. The maximum atomic E-state index is 12.7. The lowest BCUT2D eigenvalue weighted by Crippen LogP contribution is -2.33. The number of carboxylic acid groups (broad SMARTS) is 1. The third kappa shape index (κ3) is 4.56. The molecule has 1 heterocycles. The standard InChI is InChI=1S/C16H22N2O6S/c1-16(11-24-2)7-8-18(10-16)25(22,23)13-5-3-12(4-6-13)15(21)17-9-14(19)20/h3-6H,7-11H2,1-2H3,(H,17,21)(H,19,20). The number of benzene rings is 1. The van der Waals surface area contributed by atoms with Crippen LogP contribution in [0.5, 0.6) is 0 Å². The van der Waals surface area contributed by atoms with Gasteiger partial charge in [0, 0.05) is 31.2 Å². The van der Waals surface area contributed by atoms with Crippen molar-refractivity contribution in [2.45, 2.75) is 18.2 Å². The molecule has 1 amide bonds. The Morgan fingerprint density at radius 3 is 2.52 bits per heavy atom. The van der Waals surface area contributed by atoms with Gasteiger partial charge < -0.3 is 15.2 Å². The highest BCUT2D eigenvalue weighted by Crippen LogP contribution is 2.33. The third-order valence-corrected chi connectivity index (χ3v) is 6.03. The van der Waals surface area contributed by atoms with Crippen molar-refractivity contribution in [3.05, 3.63) is 29.8 Å². The Bertz CT molecular complexity index is 746. The second kappa shape index (κ2) is 7.51. The maximum Gasteiger partial charge on any atom is 0.322 e. The number of carbonyl (C=O) groups excluding carboxylic acids is 1. The van der Waals surface area contributed by atoms with Gasteiger partial charge in [-0.2, -0.15) is 4.31 Å². The van der Waals surface area contributed by atoms with Gasteiger partial charge in [-0.05, 0) is 30.7 Å². The summed E-state index contributed by atoms with van der Waals surface area (Å²) < 4.78 is 32.1. The molecule has 8 nitrogen and oxygen atoms in total. The summed E-state index contributed by atoms with van der Waals surface area (Å²) in [5.41, 5.74) is -0.00999. The minimum atomic E-state index is -3.64. The summed E-state index contributed by atoms with van der Waals surface area (Å²) in [7, 11) is -2.05. The average molecular weight is 370 g/mol. The zero-order chi connectivity index (χ0) is 18.7. The number of hydrogen-bond donors (Lipinski definition) is 2. The van der Waals surface area contributed by atoms with E-state index in [1.165, 1.54) is 28.6 Å². The molecule has 25 heavy (non-hydrogen) atoms. The van der Waals surface area contributed by atoms with Crippen molar-refractivity contribution in [3.8, 4) is 0 Å². The molecular formula is C16H22N2O6S. The summed E-state index contributed by atoms with van der Waals surface area (Å²) in [5, 5.41) is 10.8. The Morgan fingerprint density at radius 1 is 1.32 bits per heavy atom. The van der Waals surface area contributed by atoms with Crippen molar-refractivity contribution in [2.75, 3.05) is 33.4 Å². The van der Waals surface area contributed by atoms with Crippen LogP contribution in [0, 0.1) is 5.41 Å². The number of methoxy groups -OCH3 is 1. The van der Waals surface area contributed by atoms with Crippen LogP contribution in [0.4, 0.5) is 0 Å². The van der Waals surface area contributed by atoms with Gasteiger partial charge in [0.15, 0.2) is 0 Å². The molecule has 1 aliphatic heterocycles. The molecule has 9 heteroatoms. The third-order valence-electron chi connectivity index (χ3n) is 4.17. The Balaban J connectivity index is 2.11. The number of rotatable bonds is 7. The highest BCUT2D eigenvalue weighted by molar-refractivity contribution is 7.89. The molecule has 0 spiro atoms. The topological polar surface area (TPSA) is 113 Å². The van der Waals surface area contributed by atoms with Gasteiger partial charge in [-0.25, -0.2) is 8.42 Å². The van der Waals surface area contributed by atoms with E-state index in [4.69, 9.17) is 9.84 Å². The van der Waals surface area contributed by atoms with E-state index in [2.05, 4.69) is 5.32 Å². The summed E-state index contributed by atoms with van der Waals surface area (Å²) in [6.45, 7) is 2.78. The molecule has 0 radical (unpaired) electrons. The molecule has 1 fully saturated rings. The zero-order valence-electron chi connectivity index (χ0n) is 14.2. The van der Waals surface area contributed by atoms with Crippen LogP contribution in [0.25, 0.3) is 0 Å². The normalized spacial score (nSPS) is 21.2. The van der Waals surface area contributed by atoms with Crippen molar-refractivity contribution in [1.29, 1.82) is 0 Å². The van der Waals surface area contributed by atoms with E-state index in [1.807, 2.05) is 6.92 Å². The lowest BCUT2D eigenvalue weighted by molar-refractivity contribution is -0.135. The SMILES string of the molecule is COCC1(C)CCN(S(=O)(=O)c2ccc(C(=O)NCC(=O)O)cc2)C1. The van der Waals surface area contributed by atoms with Gasteiger partial charge >= 0.3 is 5.97 Å². The summed E-state index contributed by atoms with van der Waals surface area (Å²) >= 11 is 0. The number of carbonyl (C=O) groups is 2. The summed E-state index contributed by atoms with van der Waals surface area (Å²) in [6, 6.07) is 5.46.